The molecule has 2 N–H and O–H groups in total. The third kappa shape index (κ3) is 3.92. The maximum Gasteiger partial charge on any atom is 0.294 e. The first-order chi connectivity index (χ1) is 7.43. The molecule has 0 aliphatic heterocycles. The van der Waals surface area contributed by atoms with Crippen LogP contribution >= 0.6 is 0 Å². The Labute approximate surface area is 95.7 Å². The second-order valence-electron chi connectivity index (χ2n) is 3.72. The van der Waals surface area contributed by atoms with Gasteiger partial charge in [0.1, 0.15) is 0 Å². The van der Waals surface area contributed by atoms with Gasteiger partial charge in [0.05, 0.1) is 11.0 Å². The maximum absolute atomic E-state index is 10.8. The summed E-state index contributed by atoms with van der Waals surface area (Å²) in [5.41, 5.74) is 0.944. The highest BCUT2D eigenvalue weighted by Crippen LogP contribution is 2.12. The molecule has 1 unspecified atom stereocenters. The maximum atomic E-state index is 10.8. The van der Waals surface area contributed by atoms with Crippen LogP contribution in [0.3, 0.4) is 0 Å². The number of hydrogen-bond acceptors (Lipinski definition) is 3. The van der Waals surface area contributed by atoms with Crippen molar-refractivity contribution in [1.82, 2.24) is 0 Å². The molecule has 1 aromatic rings. The van der Waals surface area contributed by atoms with E-state index in [4.69, 9.17) is 4.55 Å². The fourth-order valence-electron chi connectivity index (χ4n) is 1.37. The Balaban J connectivity index is 2.66. The number of hydrogen-bond donors (Lipinski definition) is 2. The highest BCUT2D eigenvalue weighted by molar-refractivity contribution is 7.85. The summed E-state index contributed by atoms with van der Waals surface area (Å²) in [5, 5.41) is 9.37. The molecule has 0 saturated carbocycles. The van der Waals surface area contributed by atoms with Gasteiger partial charge in [-0.15, -0.1) is 0 Å². The standard InChI is InChI=1S/C11H16O4S/c1-2-10(12)6-3-9-4-7-11(8-5-9)16(13,14)15/h4-5,7-8,10,12H,2-3,6H2,1H3,(H,13,14,15). The topological polar surface area (TPSA) is 74.6 Å². The van der Waals surface area contributed by atoms with Crippen molar-refractivity contribution in [2.75, 3.05) is 0 Å². The molecule has 0 aromatic heterocycles. The van der Waals surface area contributed by atoms with Crippen LogP contribution in [0.1, 0.15) is 25.3 Å². The zero-order valence-corrected chi connectivity index (χ0v) is 9.94. The quantitative estimate of drug-likeness (QED) is 0.772. The third-order valence-electron chi connectivity index (χ3n) is 2.46. The lowest BCUT2D eigenvalue weighted by atomic mass is 10.1. The van der Waals surface area contributed by atoms with Gasteiger partial charge in [0.2, 0.25) is 0 Å². The molecule has 0 fully saturated rings. The van der Waals surface area contributed by atoms with Crippen molar-refractivity contribution in [3.05, 3.63) is 29.8 Å². The molecule has 0 amide bonds. The van der Waals surface area contributed by atoms with E-state index in [2.05, 4.69) is 0 Å². The summed E-state index contributed by atoms with van der Waals surface area (Å²) >= 11 is 0. The van der Waals surface area contributed by atoms with Crippen molar-refractivity contribution in [1.29, 1.82) is 0 Å². The minimum absolute atomic E-state index is 0.104. The lowest BCUT2D eigenvalue weighted by Gasteiger charge is -2.07. The molecule has 0 heterocycles. The van der Waals surface area contributed by atoms with Gasteiger partial charge in [-0.05, 0) is 37.0 Å². The van der Waals surface area contributed by atoms with Gasteiger partial charge >= 0.3 is 0 Å². The van der Waals surface area contributed by atoms with Gasteiger partial charge in [-0.3, -0.25) is 4.55 Å². The smallest absolute Gasteiger partial charge is 0.294 e. The van der Waals surface area contributed by atoms with Crippen LogP contribution in [-0.4, -0.2) is 24.2 Å². The van der Waals surface area contributed by atoms with Crippen molar-refractivity contribution in [2.45, 2.75) is 37.2 Å². The van der Waals surface area contributed by atoms with E-state index in [9.17, 15) is 13.5 Å². The van der Waals surface area contributed by atoms with Gasteiger partial charge in [0.15, 0.2) is 0 Å². The first-order valence-electron chi connectivity index (χ1n) is 5.18. The van der Waals surface area contributed by atoms with Crippen LogP contribution in [-0.2, 0) is 16.5 Å². The summed E-state index contributed by atoms with van der Waals surface area (Å²) in [7, 11) is -4.10. The first-order valence-corrected chi connectivity index (χ1v) is 6.62. The average Bonchev–Trinajstić information content (AvgIpc) is 2.25. The largest absolute Gasteiger partial charge is 0.393 e. The number of aliphatic hydroxyl groups is 1. The fourth-order valence-corrected chi connectivity index (χ4v) is 1.85. The lowest BCUT2D eigenvalue weighted by molar-refractivity contribution is 0.160. The summed E-state index contributed by atoms with van der Waals surface area (Å²) in [6, 6.07) is 6.02. The molecular formula is C11H16O4S. The Kier molecular flexibility index (Phi) is 4.46. The minimum Gasteiger partial charge on any atom is -0.393 e. The summed E-state index contributed by atoms with van der Waals surface area (Å²) in [5.74, 6) is 0. The van der Waals surface area contributed by atoms with E-state index in [1.165, 1.54) is 12.1 Å². The molecule has 0 aliphatic carbocycles. The molecular weight excluding hydrogens is 228 g/mol. The van der Waals surface area contributed by atoms with Gasteiger partial charge in [-0.2, -0.15) is 8.42 Å². The molecule has 16 heavy (non-hydrogen) atoms. The van der Waals surface area contributed by atoms with E-state index in [0.717, 1.165) is 5.56 Å². The van der Waals surface area contributed by atoms with Crippen LogP contribution in [0.2, 0.25) is 0 Å². The molecule has 4 nitrogen and oxygen atoms in total. The van der Waals surface area contributed by atoms with Gasteiger partial charge < -0.3 is 5.11 Å². The average molecular weight is 244 g/mol. The number of aliphatic hydroxyl groups excluding tert-OH is 1. The minimum atomic E-state index is -4.10. The van der Waals surface area contributed by atoms with Gasteiger partial charge in [-0.25, -0.2) is 0 Å². The number of rotatable bonds is 5. The molecule has 0 saturated heterocycles. The molecule has 0 radical (unpaired) electrons. The van der Waals surface area contributed by atoms with E-state index in [1.54, 1.807) is 12.1 Å². The predicted octanol–water partition coefficient (Wildman–Crippen LogP) is 1.64. The van der Waals surface area contributed by atoms with Crippen molar-refractivity contribution in [3.63, 3.8) is 0 Å². The zero-order valence-electron chi connectivity index (χ0n) is 9.13. The zero-order chi connectivity index (χ0) is 12.2. The second-order valence-corrected chi connectivity index (χ2v) is 5.14. The van der Waals surface area contributed by atoms with Crippen LogP contribution in [0, 0.1) is 0 Å². The molecule has 1 atom stereocenters. The van der Waals surface area contributed by atoms with Crippen molar-refractivity contribution in [2.24, 2.45) is 0 Å². The van der Waals surface area contributed by atoms with E-state index in [-0.39, 0.29) is 11.0 Å². The first kappa shape index (κ1) is 13.2. The van der Waals surface area contributed by atoms with Crippen molar-refractivity contribution in [3.8, 4) is 0 Å². The molecule has 5 heteroatoms. The fraction of sp³-hybridized carbons (Fsp3) is 0.455. The van der Waals surface area contributed by atoms with E-state index in [1.807, 2.05) is 6.92 Å². The monoisotopic (exact) mass is 244 g/mol. The summed E-state index contributed by atoms with van der Waals surface area (Å²) < 4.78 is 30.3. The highest BCUT2D eigenvalue weighted by Gasteiger charge is 2.08. The SMILES string of the molecule is CCC(O)CCc1ccc(S(=O)(=O)O)cc1. The van der Waals surface area contributed by atoms with E-state index >= 15 is 0 Å². The number of aryl methyl sites for hydroxylation is 1. The van der Waals surface area contributed by atoms with Gasteiger partial charge in [0.25, 0.3) is 10.1 Å². The highest BCUT2D eigenvalue weighted by atomic mass is 32.2. The van der Waals surface area contributed by atoms with E-state index < -0.39 is 10.1 Å². The van der Waals surface area contributed by atoms with Crippen LogP contribution in [0.4, 0.5) is 0 Å². The normalized spacial score (nSPS) is 13.7. The Morgan fingerprint density at radius 3 is 2.25 bits per heavy atom. The van der Waals surface area contributed by atoms with Crippen LogP contribution in [0.25, 0.3) is 0 Å². The Bertz CT molecular complexity index is 422. The Hall–Kier alpha value is -0.910. The Morgan fingerprint density at radius 2 is 1.81 bits per heavy atom. The summed E-state index contributed by atoms with van der Waals surface area (Å²) in [6.07, 6.45) is 1.74. The lowest BCUT2D eigenvalue weighted by Crippen LogP contribution is -2.05. The van der Waals surface area contributed by atoms with Gasteiger partial charge in [-0.1, -0.05) is 19.1 Å². The van der Waals surface area contributed by atoms with Crippen LogP contribution < -0.4 is 0 Å². The van der Waals surface area contributed by atoms with Gasteiger partial charge in [0, 0.05) is 0 Å². The van der Waals surface area contributed by atoms with Crippen LogP contribution in [0.15, 0.2) is 29.2 Å². The van der Waals surface area contributed by atoms with Crippen molar-refractivity contribution < 1.29 is 18.1 Å². The molecule has 0 bridgehead atoms. The molecule has 90 valence electrons. The molecule has 1 rings (SSSR count). The summed E-state index contributed by atoms with van der Waals surface area (Å²) in [6.45, 7) is 1.91. The summed E-state index contributed by atoms with van der Waals surface area (Å²) in [4.78, 5) is -0.104. The van der Waals surface area contributed by atoms with E-state index in [0.29, 0.717) is 19.3 Å². The molecule has 0 spiro atoms. The van der Waals surface area contributed by atoms with Crippen molar-refractivity contribution >= 4 is 10.1 Å². The predicted molar refractivity (Wildman–Crippen MR) is 60.9 cm³/mol. The molecule has 1 aromatic carbocycles. The van der Waals surface area contributed by atoms with Crippen LogP contribution in [0.5, 0.6) is 0 Å². The number of benzene rings is 1. The Morgan fingerprint density at radius 1 is 1.25 bits per heavy atom. The third-order valence-corrected chi connectivity index (χ3v) is 3.33. The second kappa shape index (κ2) is 5.43. The molecule has 0 aliphatic rings.